The van der Waals surface area contributed by atoms with Crippen molar-refractivity contribution in [2.24, 2.45) is 0 Å². The molecular formula is C142H106O2Si2. The van der Waals surface area contributed by atoms with E-state index in [9.17, 15) is 0 Å². The molecule has 0 amide bonds. The van der Waals surface area contributed by atoms with Crippen molar-refractivity contribution in [2.45, 2.75) is 103 Å². The van der Waals surface area contributed by atoms with Crippen molar-refractivity contribution in [2.75, 3.05) is 0 Å². The molecular weight excluding hydrogens is 1790 g/mol. The summed E-state index contributed by atoms with van der Waals surface area (Å²) < 4.78 is 14.8. The predicted molar refractivity (Wildman–Crippen MR) is 621 cm³/mol. The van der Waals surface area contributed by atoms with Gasteiger partial charge in [0.15, 0.2) is 0 Å². The van der Waals surface area contributed by atoms with Gasteiger partial charge >= 0.3 is 0 Å². The van der Waals surface area contributed by atoms with Crippen LogP contribution in [0, 0.1) is 0 Å². The first-order valence-corrected chi connectivity index (χ1v) is 57.9. The van der Waals surface area contributed by atoms with Gasteiger partial charge in [0.2, 0.25) is 0 Å². The van der Waals surface area contributed by atoms with Gasteiger partial charge in [-0.25, -0.2) is 0 Å². The van der Waals surface area contributed by atoms with Gasteiger partial charge in [0.05, 0.1) is 0 Å². The molecule has 0 N–H and O–H groups in total. The Balaban J connectivity index is 0.467. The highest BCUT2D eigenvalue weighted by atomic mass is 28.3. The van der Waals surface area contributed by atoms with Crippen LogP contribution in [0.1, 0.15) is 99.9 Å². The van der Waals surface area contributed by atoms with Crippen LogP contribution in [0.25, 0.3) is 244 Å². The molecule has 23 aromatic rings. The van der Waals surface area contributed by atoms with Crippen molar-refractivity contribution in [1.82, 2.24) is 0 Å². The van der Waals surface area contributed by atoms with E-state index in [-0.39, 0.29) is 21.7 Å². The minimum absolute atomic E-state index is 0.250. The molecule has 4 heteroatoms. The molecule has 4 heterocycles. The molecule has 0 spiro atoms. The van der Waals surface area contributed by atoms with Gasteiger partial charge in [-0.2, -0.15) is 0 Å². The Morgan fingerprint density at radius 2 is 0.384 bits per heavy atom. The van der Waals surface area contributed by atoms with E-state index in [2.05, 4.69) is 506 Å². The SMILES string of the molecule is CC1(C)c2cc(-c3cc(-c4ccccc4)cc(-c4cccc(-c5ccccc5)c4)c3)ccc2-c2ccc(-c3ccc4c(c3)C(C)(C)c3cc(-c5cc6c(c7c5oc5ccccc57)-c5cc7c(cc5[Si]6(C)C)-c5c(cc(-c6ccc8c(c6)C(C)(C)c6cc(-c9ccc%10c(c9)C(C)(C)c9cc(-c%11cc(-c%12ccccc%12)cc(-c%12cccc(-c%13ccccc%13)c%12)c%11)ccc9-%10)ccc6-8)c6c5oc5ccccc56)[Si]7(C)C)ccc3-4)cc21. The van der Waals surface area contributed by atoms with Crippen LogP contribution < -0.4 is 20.7 Å². The lowest BCUT2D eigenvalue weighted by molar-refractivity contribution is 0.659. The molecule has 0 bridgehead atoms. The Hall–Kier alpha value is -16.3. The molecule has 29 rings (SSSR count). The molecule has 6 aliphatic rings. The van der Waals surface area contributed by atoms with Gasteiger partial charge in [0, 0.05) is 54.3 Å². The molecule has 0 saturated heterocycles. The highest BCUT2D eigenvalue weighted by molar-refractivity contribution is 7.06. The zero-order valence-corrected chi connectivity index (χ0v) is 86.2. The van der Waals surface area contributed by atoms with E-state index in [1.165, 1.54) is 276 Å². The Morgan fingerprint density at radius 1 is 0.158 bits per heavy atom. The van der Waals surface area contributed by atoms with Crippen LogP contribution in [0.3, 0.4) is 0 Å². The van der Waals surface area contributed by atoms with Crippen LogP contribution in [-0.2, 0) is 21.7 Å². The summed E-state index contributed by atoms with van der Waals surface area (Å²) in [5, 5.41) is 10.6. The molecule has 0 fully saturated rings. The highest BCUT2D eigenvalue weighted by Gasteiger charge is 2.49. The van der Waals surface area contributed by atoms with E-state index >= 15 is 0 Å². The van der Waals surface area contributed by atoms with Gasteiger partial charge in [-0.1, -0.05) is 397 Å². The number of fused-ring (bicyclic) bond motifs is 26. The molecule has 0 atom stereocenters. The summed E-state index contributed by atoms with van der Waals surface area (Å²) in [5.74, 6) is 0. The first-order valence-electron chi connectivity index (χ1n) is 51.9. The molecule has 146 heavy (non-hydrogen) atoms. The summed E-state index contributed by atoms with van der Waals surface area (Å²) >= 11 is 0. The molecule has 21 aromatic carbocycles. The summed E-state index contributed by atoms with van der Waals surface area (Å²) in [6.07, 6.45) is 0. The van der Waals surface area contributed by atoms with Gasteiger partial charge in [-0.05, 0) is 364 Å². The molecule has 694 valence electrons. The number of rotatable bonds is 12. The van der Waals surface area contributed by atoms with Crippen molar-refractivity contribution >= 4 is 80.8 Å². The summed E-state index contributed by atoms with van der Waals surface area (Å²) in [5.41, 5.74) is 58.5. The Morgan fingerprint density at radius 3 is 0.733 bits per heavy atom. The minimum Gasteiger partial charge on any atom is -0.455 e. The lowest BCUT2D eigenvalue weighted by Gasteiger charge is -2.24. The summed E-state index contributed by atoms with van der Waals surface area (Å²) in [6.45, 7) is 29.9. The first-order chi connectivity index (χ1) is 70.8. The van der Waals surface area contributed by atoms with Crippen LogP contribution in [0.15, 0.2) is 433 Å². The third-order valence-corrected chi connectivity index (χ3v) is 42.0. The normalized spacial score (nSPS) is 15.0. The molecule has 0 saturated carbocycles. The predicted octanol–water partition coefficient (Wildman–Crippen LogP) is 36.3. The zero-order chi connectivity index (χ0) is 98.2. The first kappa shape index (κ1) is 86.3. The molecule has 2 aliphatic heterocycles. The lowest BCUT2D eigenvalue weighted by atomic mass is 9.79. The second-order valence-corrected chi connectivity index (χ2v) is 54.0. The average molecular weight is 1900 g/mol. The van der Waals surface area contributed by atoms with Crippen molar-refractivity contribution in [3.63, 3.8) is 0 Å². The summed E-state index contributed by atoms with van der Waals surface area (Å²) in [4.78, 5) is 0. The van der Waals surface area contributed by atoms with Crippen LogP contribution in [0.4, 0.5) is 0 Å². The van der Waals surface area contributed by atoms with Crippen molar-refractivity contribution in [3.05, 3.63) is 469 Å². The second kappa shape index (κ2) is 31.1. The van der Waals surface area contributed by atoms with Crippen LogP contribution in [0.2, 0.25) is 26.2 Å². The zero-order valence-electron chi connectivity index (χ0n) is 84.2. The van der Waals surface area contributed by atoms with Gasteiger partial charge < -0.3 is 8.83 Å². The second-order valence-electron chi connectivity index (χ2n) is 45.3. The van der Waals surface area contributed by atoms with Crippen LogP contribution in [0.5, 0.6) is 0 Å². The van der Waals surface area contributed by atoms with E-state index in [1.54, 1.807) is 0 Å². The molecule has 0 unspecified atom stereocenters. The quantitative estimate of drug-likeness (QED) is 0.114. The number of hydrogen-bond acceptors (Lipinski definition) is 2. The number of furan rings is 2. The molecule has 4 aliphatic carbocycles. The fraction of sp³-hybridized carbons (Fsp3) is 0.113. The number of para-hydroxylation sites is 2. The van der Waals surface area contributed by atoms with E-state index in [1.807, 2.05) is 0 Å². The lowest BCUT2D eigenvalue weighted by Crippen LogP contribution is -2.51. The van der Waals surface area contributed by atoms with E-state index in [4.69, 9.17) is 8.83 Å². The standard InChI is InChI=1S/C142H106O2Si2/c1-139(2)119-71-91(47-55-105(119)109-59-51-95(75-123(109)139)103-67-99(85-35-21-15-22-36-85)65-101(69-103)89-41-29-39-87(63-89)83-31-17-13-18-32-83)93-49-57-107-111-61-53-97(77-125(111)141(5,6)121(107)73-93)115-79-132-135(138-133(115)113-43-25-27-45-127(113)144-138)118-82-129-117(81-130(118)146(132,11)12)134-131(145(129,9)10)80-116(137-136(134)114-44-26-28-46-128(114)143-137)98-54-62-112-108-58-50-94(74-122(108)142(7,8)126(112)78-98)92-48-56-106-110-60-52-96(76-124(110)140(3,4)120(106)72-92)104-68-100(86-37-23-16-24-38-86)66-102(70-104)90-42-30-40-88(64-90)84-33-19-14-20-34-84/h13-82H,1-12H3. The average Bonchev–Trinajstić information content (AvgIpc) is 1.51. The maximum atomic E-state index is 7.46. The Labute approximate surface area is 855 Å². The fourth-order valence-electron chi connectivity index (χ4n) is 27.0. The van der Waals surface area contributed by atoms with Gasteiger partial charge in [0.25, 0.3) is 0 Å². The largest absolute Gasteiger partial charge is 0.455 e. The Kier molecular flexibility index (Phi) is 18.4. The third kappa shape index (κ3) is 12.7. The maximum absolute atomic E-state index is 7.46. The van der Waals surface area contributed by atoms with E-state index in [0.29, 0.717) is 0 Å². The number of hydrogen-bond donors (Lipinski definition) is 0. The third-order valence-electron chi connectivity index (χ3n) is 35.0. The molecule has 2 aromatic heterocycles. The summed E-state index contributed by atoms with van der Waals surface area (Å²) in [6, 6.07) is 162. The topological polar surface area (TPSA) is 26.3 Å². The maximum Gasteiger partial charge on any atom is 0.143 e. The Bertz CT molecular complexity index is 9640. The highest BCUT2D eigenvalue weighted by Crippen LogP contribution is 2.60. The van der Waals surface area contributed by atoms with Gasteiger partial charge in [-0.3, -0.25) is 0 Å². The van der Waals surface area contributed by atoms with Crippen molar-refractivity contribution < 1.29 is 8.83 Å². The minimum atomic E-state index is -2.52. The van der Waals surface area contributed by atoms with E-state index < -0.39 is 16.1 Å². The van der Waals surface area contributed by atoms with E-state index in [0.717, 1.165) is 33.3 Å². The fourth-order valence-corrected chi connectivity index (χ4v) is 33.1. The van der Waals surface area contributed by atoms with Crippen molar-refractivity contribution in [3.8, 4) is 200 Å². The van der Waals surface area contributed by atoms with Crippen molar-refractivity contribution in [1.29, 1.82) is 0 Å². The monoisotopic (exact) mass is 1900 g/mol. The number of benzene rings is 21. The molecule has 0 radical (unpaired) electrons. The molecule has 2 nitrogen and oxygen atoms in total. The van der Waals surface area contributed by atoms with Crippen LogP contribution in [-0.4, -0.2) is 16.1 Å². The van der Waals surface area contributed by atoms with Crippen LogP contribution >= 0.6 is 0 Å². The van der Waals surface area contributed by atoms with Gasteiger partial charge in [0.1, 0.15) is 38.5 Å². The summed E-state index contributed by atoms with van der Waals surface area (Å²) in [7, 11) is -5.03. The smallest absolute Gasteiger partial charge is 0.143 e. The van der Waals surface area contributed by atoms with Gasteiger partial charge in [-0.15, -0.1) is 0 Å².